The van der Waals surface area contributed by atoms with Gasteiger partial charge in [0.2, 0.25) is 0 Å². The lowest BCUT2D eigenvalue weighted by Gasteiger charge is -2.15. The smallest absolute Gasteiger partial charge is 0.273 e. The van der Waals surface area contributed by atoms with Crippen LogP contribution < -0.4 is 5.73 Å². The molecule has 1 aromatic heterocycles. The summed E-state index contributed by atoms with van der Waals surface area (Å²) in [7, 11) is 1.78. The van der Waals surface area contributed by atoms with Crippen LogP contribution in [-0.4, -0.2) is 47.6 Å². The van der Waals surface area contributed by atoms with Crippen molar-refractivity contribution < 1.29 is 9.90 Å². The topological polar surface area (TPSA) is 79.5 Å². The number of thiazole rings is 1. The number of aliphatic hydroxyl groups excluding tert-OH is 1. The summed E-state index contributed by atoms with van der Waals surface area (Å²) in [5.74, 6) is -0.0430. The number of hydrogen-bond acceptors (Lipinski definition) is 5. The Morgan fingerprint density at radius 2 is 2.28 bits per heavy atom. The average molecular weight is 271 g/mol. The molecule has 6 heteroatoms. The van der Waals surface area contributed by atoms with E-state index >= 15 is 0 Å². The second kappa shape index (κ2) is 8.18. The van der Waals surface area contributed by atoms with Crippen LogP contribution in [0.3, 0.4) is 0 Å². The molecule has 0 bridgehead atoms. The molecule has 0 radical (unpaired) electrons. The van der Waals surface area contributed by atoms with Crippen LogP contribution in [-0.2, 0) is 6.42 Å². The molecular formula is C12H21N3O2S. The molecule has 0 unspecified atom stereocenters. The fourth-order valence-electron chi connectivity index (χ4n) is 1.58. The molecule has 1 aromatic rings. The zero-order chi connectivity index (χ0) is 13.4. The highest BCUT2D eigenvalue weighted by molar-refractivity contribution is 7.09. The molecule has 1 rings (SSSR count). The third kappa shape index (κ3) is 4.72. The van der Waals surface area contributed by atoms with E-state index in [1.54, 1.807) is 17.3 Å². The maximum Gasteiger partial charge on any atom is 0.273 e. The molecule has 0 saturated carbocycles. The first kappa shape index (κ1) is 15.1. The van der Waals surface area contributed by atoms with E-state index < -0.39 is 0 Å². The van der Waals surface area contributed by atoms with Gasteiger partial charge in [0.25, 0.3) is 5.91 Å². The van der Waals surface area contributed by atoms with Gasteiger partial charge in [-0.1, -0.05) is 0 Å². The zero-order valence-corrected chi connectivity index (χ0v) is 11.6. The second-order valence-corrected chi connectivity index (χ2v) is 5.12. The minimum atomic E-state index is -0.0430. The number of amides is 1. The molecule has 5 nitrogen and oxygen atoms in total. The van der Waals surface area contributed by atoms with E-state index in [2.05, 4.69) is 4.98 Å². The van der Waals surface area contributed by atoms with E-state index in [1.165, 1.54) is 11.3 Å². The summed E-state index contributed by atoms with van der Waals surface area (Å²) in [6, 6.07) is 0. The number of aromatic nitrogens is 1. The van der Waals surface area contributed by atoms with Crippen molar-refractivity contribution in [1.82, 2.24) is 9.88 Å². The lowest BCUT2D eigenvalue weighted by atomic mass is 10.2. The van der Waals surface area contributed by atoms with E-state index in [1.807, 2.05) is 0 Å². The lowest BCUT2D eigenvalue weighted by Crippen LogP contribution is -2.28. The molecule has 102 valence electrons. The van der Waals surface area contributed by atoms with E-state index in [0.717, 1.165) is 30.7 Å². The fourth-order valence-corrected chi connectivity index (χ4v) is 2.37. The predicted octanol–water partition coefficient (Wildman–Crippen LogP) is 0.879. The monoisotopic (exact) mass is 271 g/mol. The van der Waals surface area contributed by atoms with Crippen molar-refractivity contribution in [2.75, 3.05) is 26.7 Å². The molecule has 3 N–H and O–H groups in total. The van der Waals surface area contributed by atoms with Gasteiger partial charge in [0.05, 0.1) is 5.01 Å². The molecular weight excluding hydrogens is 250 g/mol. The number of aliphatic hydroxyl groups is 1. The Labute approximate surface area is 112 Å². The van der Waals surface area contributed by atoms with Crippen LogP contribution in [0.25, 0.3) is 0 Å². The van der Waals surface area contributed by atoms with Crippen molar-refractivity contribution in [3.8, 4) is 0 Å². The standard InChI is InChI=1S/C12H21N3O2S/c1-15(7-3-2-4-8-16)12(17)10-9-18-11(14-10)5-6-13/h9,16H,2-8,13H2,1H3. The highest BCUT2D eigenvalue weighted by atomic mass is 32.1. The molecule has 0 aliphatic heterocycles. The van der Waals surface area contributed by atoms with Gasteiger partial charge >= 0.3 is 0 Å². The Balaban J connectivity index is 2.41. The number of nitrogens with zero attached hydrogens (tertiary/aromatic N) is 2. The van der Waals surface area contributed by atoms with Crippen molar-refractivity contribution in [2.24, 2.45) is 5.73 Å². The average Bonchev–Trinajstić information content (AvgIpc) is 2.82. The zero-order valence-electron chi connectivity index (χ0n) is 10.8. The summed E-state index contributed by atoms with van der Waals surface area (Å²) in [5.41, 5.74) is 5.96. The minimum Gasteiger partial charge on any atom is -0.396 e. The van der Waals surface area contributed by atoms with Gasteiger partial charge in [-0.3, -0.25) is 4.79 Å². The quantitative estimate of drug-likeness (QED) is 0.688. The molecule has 0 spiro atoms. The Bertz CT molecular complexity index is 368. The highest BCUT2D eigenvalue weighted by Crippen LogP contribution is 2.12. The summed E-state index contributed by atoms with van der Waals surface area (Å²) >= 11 is 1.48. The van der Waals surface area contributed by atoms with Crippen LogP contribution in [0, 0.1) is 0 Å². The Hall–Kier alpha value is -0.980. The largest absolute Gasteiger partial charge is 0.396 e. The molecule has 18 heavy (non-hydrogen) atoms. The van der Waals surface area contributed by atoms with Gasteiger partial charge in [0.1, 0.15) is 5.69 Å². The van der Waals surface area contributed by atoms with E-state index in [9.17, 15) is 4.79 Å². The Morgan fingerprint density at radius 3 is 2.94 bits per heavy atom. The number of carbonyl (C=O) groups excluding carboxylic acids is 1. The molecule has 0 aliphatic rings. The van der Waals surface area contributed by atoms with Gasteiger partial charge in [-0.2, -0.15) is 0 Å². The van der Waals surface area contributed by atoms with Gasteiger partial charge < -0.3 is 15.7 Å². The van der Waals surface area contributed by atoms with Gasteiger partial charge in [0, 0.05) is 32.0 Å². The number of hydrogen-bond donors (Lipinski definition) is 2. The normalized spacial score (nSPS) is 10.6. The van der Waals surface area contributed by atoms with Gasteiger partial charge in [-0.15, -0.1) is 11.3 Å². The van der Waals surface area contributed by atoms with Crippen LogP contribution in [0.2, 0.25) is 0 Å². The van der Waals surface area contributed by atoms with Gasteiger partial charge in [0.15, 0.2) is 0 Å². The number of unbranched alkanes of at least 4 members (excludes halogenated alkanes) is 2. The van der Waals surface area contributed by atoms with Crippen LogP contribution in [0.4, 0.5) is 0 Å². The van der Waals surface area contributed by atoms with Crippen LogP contribution >= 0.6 is 11.3 Å². The third-order valence-electron chi connectivity index (χ3n) is 2.63. The van der Waals surface area contributed by atoms with Crippen molar-refractivity contribution in [2.45, 2.75) is 25.7 Å². The van der Waals surface area contributed by atoms with Crippen LogP contribution in [0.5, 0.6) is 0 Å². The van der Waals surface area contributed by atoms with Crippen molar-refractivity contribution in [1.29, 1.82) is 0 Å². The first-order valence-electron chi connectivity index (χ1n) is 6.19. The summed E-state index contributed by atoms with van der Waals surface area (Å²) in [4.78, 5) is 18.0. The molecule has 1 amide bonds. The third-order valence-corrected chi connectivity index (χ3v) is 3.54. The number of carbonyl (C=O) groups is 1. The Kier molecular flexibility index (Phi) is 6.85. The predicted molar refractivity (Wildman–Crippen MR) is 72.8 cm³/mol. The molecule has 0 atom stereocenters. The van der Waals surface area contributed by atoms with E-state index in [0.29, 0.717) is 18.8 Å². The maximum atomic E-state index is 12.0. The first-order valence-corrected chi connectivity index (χ1v) is 7.07. The van der Waals surface area contributed by atoms with E-state index in [-0.39, 0.29) is 12.5 Å². The number of nitrogens with two attached hydrogens (primary N) is 1. The Morgan fingerprint density at radius 1 is 1.50 bits per heavy atom. The molecule has 1 heterocycles. The summed E-state index contributed by atoms with van der Waals surface area (Å²) in [5, 5.41) is 11.4. The van der Waals surface area contributed by atoms with Crippen LogP contribution in [0.1, 0.15) is 34.8 Å². The summed E-state index contributed by atoms with van der Waals surface area (Å²) in [6.45, 7) is 1.47. The summed E-state index contributed by atoms with van der Waals surface area (Å²) in [6.07, 6.45) is 3.35. The molecule has 0 saturated heterocycles. The molecule has 0 fully saturated rings. The summed E-state index contributed by atoms with van der Waals surface area (Å²) < 4.78 is 0. The van der Waals surface area contributed by atoms with Crippen molar-refractivity contribution >= 4 is 17.2 Å². The minimum absolute atomic E-state index is 0.0430. The number of rotatable bonds is 8. The van der Waals surface area contributed by atoms with Crippen molar-refractivity contribution in [3.05, 3.63) is 16.1 Å². The van der Waals surface area contributed by atoms with Crippen molar-refractivity contribution in [3.63, 3.8) is 0 Å². The maximum absolute atomic E-state index is 12.0. The van der Waals surface area contributed by atoms with Crippen LogP contribution in [0.15, 0.2) is 5.38 Å². The fraction of sp³-hybridized carbons (Fsp3) is 0.667. The molecule has 0 aromatic carbocycles. The first-order chi connectivity index (χ1) is 8.69. The van der Waals surface area contributed by atoms with E-state index in [4.69, 9.17) is 10.8 Å². The van der Waals surface area contributed by atoms with Gasteiger partial charge in [-0.05, 0) is 25.8 Å². The molecule has 0 aliphatic carbocycles. The lowest BCUT2D eigenvalue weighted by molar-refractivity contribution is 0.0787. The van der Waals surface area contributed by atoms with Gasteiger partial charge in [-0.25, -0.2) is 4.98 Å². The SMILES string of the molecule is CN(CCCCCO)C(=O)c1csc(CCN)n1. The second-order valence-electron chi connectivity index (χ2n) is 4.18. The highest BCUT2D eigenvalue weighted by Gasteiger charge is 2.14.